The predicted octanol–water partition coefficient (Wildman–Crippen LogP) is 3.10. The Bertz CT molecular complexity index is 1090. The fourth-order valence-electron chi connectivity index (χ4n) is 3.75. The maximum Gasteiger partial charge on any atom is 0.295 e. The lowest BCUT2D eigenvalue weighted by atomic mass is 9.94. The molecule has 1 fully saturated rings. The van der Waals surface area contributed by atoms with Crippen molar-refractivity contribution in [3.8, 4) is 5.75 Å². The Kier molecular flexibility index (Phi) is 5.34. The second kappa shape index (κ2) is 8.24. The molecule has 152 valence electrons. The zero-order valence-electron chi connectivity index (χ0n) is 16.2. The van der Waals surface area contributed by atoms with Crippen LogP contribution in [0.2, 0.25) is 0 Å². The van der Waals surface area contributed by atoms with Gasteiger partial charge in [-0.25, -0.2) is 4.98 Å². The number of ketones is 1. The maximum absolute atomic E-state index is 12.9. The first kappa shape index (κ1) is 19.4. The molecule has 7 nitrogen and oxygen atoms in total. The number of hydrogen-bond acceptors (Lipinski definition) is 5. The van der Waals surface area contributed by atoms with Gasteiger partial charge in [0.15, 0.2) is 0 Å². The summed E-state index contributed by atoms with van der Waals surface area (Å²) in [6, 6.07) is 14.3. The largest absolute Gasteiger partial charge is 0.508 e. The molecule has 1 aliphatic rings. The number of aromatic hydroxyl groups is 1. The molecule has 2 aromatic carbocycles. The van der Waals surface area contributed by atoms with E-state index in [9.17, 15) is 19.8 Å². The van der Waals surface area contributed by atoms with Gasteiger partial charge in [-0.3, -0.25) is 9.59 Å². The number of phenols is 1. The molecule has 2 heterocycles. The van der Waals surface area contributed by atoms with Crippen LogP contribution in [0.4, 0.5) is 0 Å². The average Bonchev–Trinajstić information content (AvgIpc) is 3.37. The first-order valence-corrected chi connectivity index (χ1v) is 9.65. The Morgan fingerprint density at radius 2 is 1.73 bits per heavy atom. The second-order valence-corrected chi connectivity index (χ2v) is 7.07. The number of amides is 1. The fraction of sp³-hybridized carbons (Fsp3) is 0.174. The van der Waals surface area contributed by atoms with Crippen LogP contribution in [-0.4, -0.2) is 42.9 Å². The third-order valence-electron chi connectivity index (χ3n) is 5.19. The van der Waals surface area contributed by atoms with Gasteiger partial charge in [0.1, 0.15) is 11.5 Å². The number of likely N-dealkylation sites (tertiary alicyclic amines) is 1. The second-order valence-electron chi connectivity index (χ2n) is 7.07. The molecule has 0 spiro atoms. The minimum absolute atomic E-state index is 0.0182. The summed E-state index contributed by atoms with van der Waals surface area (Å²) < 4.78 is 1.88. The number of aromatic nitrogens is 2. The van der Waals surface area contributed by atoms with Gasteiger partial charge in [-0.15, -0.1) is 0 Å². The highest BCUT2D eigenvalue weighted by atomic mass is 16.3. The highest BCUT2D eigenvalue weighted by molar-refractivity contribution is 6.46. The molecule has 0 bridgehead atoms. The molecule has 1 aromatic heterocycles. The Morgan fingerprint density at radius 1 is 1.00 bits per heavy atom. The zero-order chi connectivity index (χ0) is 21.1. The van der Waals surface area contributed by atoms with Gasteiger partial charge in [-0.1, -0.05) is 48.5 Å². The van der Waals surface area contributed by atoms with Gasteiger partial charge < -0.3 is 19.7 Å². The summed E-state index contributed by atoms with van der Waals surface area (Å²) in [5, 5.41) is 21.4. The van der Waals surface area contributed by atoms with Crippen molar-refractivity contribution in [1.82, 2.24) is 14.5 Å². The molecule has 1 amide bonds. The number of carbonyl (C=O) groups is 2. The lowest BCUT2D eigenvalue weighted by Gasteiger charge is -2.26. The molecule has 0 saturated carbocycles. The molecule has 2 N–H and O–H groups in total. The number of para-hydroxylation sites is 1. The van der Waals surface area contributed by atoms with E-state index < -0.39 is 17.7 Å². The quantitative estimate of drug-likeness (QED) is 0.375. The number of nitrogens with zero attached hydrogens (tertiary/aromatic N) is 3. The number of benzene rings is 2. The summed E-state index contributed by atoms with van der Waals surface area (Å²) in [5.41, 5.74) is 0.821. The topological polar surface area (TPSA) is 95.7 Å². The van der Waals surface area contributed by atoms with Gasteiger partial charge in [-0.2, -0.15) is 0 Å². The van der Waals surface area contributed by atoms with Crippen molar-refractivity contribution in [3.05, 3.63) is 90.0 Å². The van der Waals surface area contributed by atoms with E-state index in [1.807, 2.05) is 10.8 Å². The standard InChI is InChI=1S/C23H21N3O4/c27-18-10-5-4-9-17(18)20-19(21(28)16-7-2-1-3-8-16)22(29)23(30)26(20)13-6-12-25-14-11-24-15-25/h1-5,7-11,14-15,20,27-28H,6,12-13H2. The first-order chi connectivity index (χ1) is 14.6. The molecule has 0 aliphatic carbocycles. The van der Waals surface area contributed by atoms with Gasteiger partial charge >= 0.3 is 0 Å². The third-order valence-corrected chi connectivity index (χ3v) is 5.19. The highest BCUT2D eigenvalue weighted by Crippen LogP contribution is 2.42. The smallest absolute Gasteiger partial charge is 0.295 e. The molecule has 1 atom stereocenters. The van der Waals surface area contributed by atoms with Gasteiger partial charge in [0.05, 0.1) is 17.9 Å². The monoisotopic (exact) mass is 403 g/mol. The van der Waals surface area contributed by atoms with Crippen LogP contribution >= 0.6 is 0 Å². The summed E-state index contributed by atoms with van der Waals surface area (Å²) in [6.45, 7) is 0.905. The Labute approximate surface area is 173 Å². The highest BCUT2D eigenvalue weighted by Gasteiger charge is 2.46. The van der Waals surface area contributed by atoms with Crippen LogP contribution in [0.3, 0.4) is 0 Å². The molecule has 7 heteroatoms. The fourth-order valence-corrected chi connectivity index (χ4v) is 3.75. The van der Waals surface area contributed by atoms with Crippen molar-refractivity contribution in [3.63, 3.8) is 0 Å². The summed E-state index contributed by atoms with van der Waals surface area (Å²) in [4.78, 5) is 31.2. The SMILES string of the molecule is O=C1C(=O)N(CCCn2ccnc2)C(c2ccccc2O)C1=C(O)c1ccccc1. The van der Waals surface area contributed by atoms with E-state index in [0.29, 0.717) is 24.1 Å². The molecular formula is C23H21N3O4. The minimum Gasteiger partial charge on any atom is -0.508 e. The van der Waals surface area contributed by atoms with Gasteiger partial charge in [0.25, 0.3) is 11.7 Å². The predicted molar refractivity (Wildman–Crippen MR) is 110 cm³/mol. The van der Waals surface area contributed by atoms with Gasteiger partial charge in [0, 0.05) is 36.6 Å². The molecule has 4 rings (SSSR count). The number of carbonyl (C=O) groups excluding carboxylic acids is 2. The maximum atomic E-state index is 12.9. The Balaban J connectivity index is 1.74. The van der Waals surface area contributed by atoms with E-state index >= 15 is 0 Å². The van der Waals surface area contributed by atoms with Crippen molar-refractivity contribution in [1.29, 1.82) is 0 Å². The van der Waals surface area contributed by atoms with Crippen molar-refractivity contribution < 1.29 is 19.8 Å². The molecule has 30 heavy (non-hydrogen) atoms. The number of imidazole rings is 1. The lowest BCUT2D eigenvalue weighted by molar-refractivity contribution is -0.140. The van der Waals surface area contributed by atoms with Crippen LogP contribution in [-0.2, 0) is 16.1 Å². The number of hydrogen-bond donors (Lipinski definition) is 2. The van der Waals surface area contributed by atoms with Crippen molar-refractivity contribution in [2.75, 3.05) is 6.54 Å². The van der Waals surface area contributed by atoms with Gasteiger partial charge in [-0.05, 0) is 12.5 Å². The summed E-state index contributed by atoms with van der Waals surface area (Å²) in [7, 11) is 0. The van der Waals surface area contributed by atoms with E-state index in [4.69, 9.17) is 0 Å². The van der Waals surface area contributed by atoms with E-state index in [2.05, 4.69) is 4.98 Å². The third kappa shape index (κ3) is 3.57. The van der Waals surface area contributed by atoms with Crippen LogP contribution < -0.4 is 0 Å². The van der Waals surface area contributed by atoms with Crippen LogP contribution in [0, 0.1) is 0 Å². The molecular weight excluding hydrogens is 382 g/mol. The number of rotatable bonds is 6. The first-order valence-electron chi connectivity index (χ1n) is 9.65. The van der Waals surface area contributed by atoms with Crippen molar-refractivity contribution in [2.24, 2.45) is 0 Å². The normalized spacial score (nSPS) is 18.1. The van der Waals surface area contributed by atoms with Crippen LogP contribution in [0.5, 0.6) is 5.75 Å². The molecule has 1 aliphatic heterocycles. The minimum atomic E-state index is -0.866. The lowest BCUT2D eigenvalue weighted by Crippen LogP contribution is -2.31. The summed E-state index contributed by atoms with van der Waals surface area (Å²) in [6.07, 6.45) is 5.76. The van der Waals surface area contributed by atoms with Crippen molar-refractivity contribution in [2.45, 2.75) is 19.0 Å². The zero-order valence-corrected chi connectivity index (χ0v) is 16.2. The molecule has 3 aromatic rings. The van der Waals surface area contributed by atoms with Crippen LogP contribution in [0.15, 0.2) is 78.9 Å². The molecule has 0 radical (unpaired) electrons. The average molecular weight is 403 g/mol. The Morgan fingerprint density at radius 3 is 2.43 bits per heavy atom. The number of aliphatic hydroxyl groups excluding tert-OH is 1. The van der Waals surface area contributed by atoms with E-state index in [-0.39, 0.29) is 23.6 Å². The molecule has 1 unspecified atom stereocenters. The van der Waals surface area contributed by atoms with Gasteiger partial charge in [0.2, 0.25) is 0 Å². The van der Waals surface area contributed by atoms with E-state index in [1.165, 1.54) is 11.0 Å². The number of Topliss-reactive ketones (excluding diaryl/α,β-unsaturated/α-hetero) is 1. The number of aryl methyl sites for hydroxylation is 1. The summed E-state index contributed by atoms with van der Waals surface area (Å²) in [5.74, 6) is -1.74. The molecule has 1 saturated heterocycles. The Hall–Kier alpha value is -3.87. The summed E-state index contributed by atoms with van der Waals surface area (Å²) >= 11 is 0. The van der Waals surface area contributed by atoms with Crippen molar-refractivity contribution >= 4 is 17.4 Å². The number of aliphatic hydroxyl groups is 1. The van der Waals surface area contributed by atoms with Crippen LogP contribution in [0.1, 0.15) is 23.6 Å². The number of phenolic OH excluding ortho intramolecular Hbond substituents is 1. The van der Waals surface area contributed by atoms with E-state index in [1.54, 1.807) is 61.1 Å². The van der Waals surface area contributed by atoms with E-state index in [0.717, 1.165) is 0 Å². The van der Waals surface area contributed by atoms with Crippen LogP contribution in [0.25, 0.3) is 5.76 Å².